The van der Waals surface area contributed by atoms with E-state index in [1.54, 1.807) is 41.1 Å². The molecule has 26 heavy (non-hydrogen) atoms. The third kappa shape index (κ3) is 4.51. The first-order chi connectivity index (χ1) is 12.6. The average molecular weight is 419 g/mol. The zero-order valence-electron chi connectivity index (χ0n) is 13.2. The second kappa shape index (κ2) is 8.47. The highest BCUT2D eigenvalue weighted by Crippen LogP contribution is 2.25. The number of nitrogens with zero attached hydrogens (tertiary/aromatic N) is 3. The second-order valence-corrected chi connectivity index (χ2v) is 8.30. The number of anilines is 1. The Hall–Kier alpha value is -2.18. The van der Waals surface area contributed by atoms with Crippen LogP contribution in [-0.4, -0.2) is 21.4 Å². The van der Waals surface area contributed by atoms with Crippen LogP contribution in [0.2, 0.25) is 5.02 Å². The first-order valence-electron chi connectivity index (χ1n) is 7.34. The van der Waals surface area contributed by atoms with E-state index in [2.05, 4.69) is 10.4 Å². The molecule has 3 aromatic rings. The summed E-state index contributed by atoms with van der Waals surface area (Å²) in [6.45, 7) is 0. The van der Waals surface area contributed by atoms with Gasteiger partial charge >= 0.3 is 0 Å². The van der Waals surface area contributed by atoms with Crippen LogP contribution in [0.1, 0.15) is 5.56 Å². The number of halogens is 1. The third-order valence-electron chi connectivity index (χ3n) is 3.25. The number of amides is 1. The molecule has 1 amide bonds. The van der Waals surface area contributed by atoms with Gasteiger partial charge in [-0.1, -0.05) is 46.8 Å². The molecular weight excluding hydrogens is 408 g/mol. The molecule has 0 spiro atoms. The first kappa shape index (κ1) is 18.6. The molecule has 0 bridgehead atoms. The van der Waals surface area contributed by atoms with Crippen molar-refractivity contribution >= 4 is 58.5 Å². The lowest BCUT2D eigenvalue weighted by molar-refractivity contribution is -0.113. The molecule has 0 saturated carbocycles. The Morgan fingerprint density at radius 1 is 1.31 bits per heavy atom. The number of nitrogens with one attached hydrogen (secondary N) is 1. The Balaban J connectivity index is 1.66. The van der Waals surface area contributed by atoms with Crippen molar-refractivity contribution in [1.82, 2.24) is 9.78 Å². The molecule has 130 valence electrons. The van der Waals surface area contributed by atoms with Gasteiger partial charge in [0.05, 0.1) is 22.7 Å². The molecule has 0 radical (unpaired) electrons. The zero-order valence-corrected chi connectivity index (χ0v) is 16.4. The summed E-state index contributed by atoms with van der Waals surface area (Å²) in [4.78, 5) is 12.1. The van der Waals surface area contributed by atoms with Crippen LogP contribution in [0.15, 0.2) is 52.9 Å². The predicted octanol–water partition coefficient (Wildman–Crippen LogP) is 4.92. The smallest absolute Gasteiger partial charge is 0.234 e. The summed E-state index contributed by atoms with van der Waals surface area (Å²) in [6, 6.07) is 16.1. The van der Waals surface area contributed by atoms with Crippen LogP contribution in [0.3, 0.4) is 0 Å². The summed E-state index contributed by atoms with van der Waals surface area (Å²) in [5.74, 6) is -0.0419. The van der Waals surface area contributed by atoms with Gasteiger partial charge in [-0.2, -0.15) is 5.26 Å². The molecule has 0 unspecified atom stereocenters. The van der Waals surface area contributed by atoms with Crippen LogP contribution >= 0.6 is 46.9 Å². The van der Waals surface area contributed by atoms with Crippen molar-refractivity contribution in [2.24, 2.45) is 0 Å². The molecule has 0 aliphatic heterocycles. The van der Waals surface area contributed by atoms with Crippen molar-refractivity contribution in [3.63, 3.8) is 0 Å². The third-order valence-corrected chi connectivity index (χ3v) is 5.87. The maximum Gasteiger partial charge on any atom is 0.234 e. The minimum Gasteiger partial charge on any atom is -0.324 e. The quantitative estimate of drug-likeness (QED) is 0.470. The Morgan fingerprint density at radius 2 is 2.04 bits per heavy atom. The van der Waals surface area contributed by atoms with Crippen LogP contribution in [0.4, 0.5) is 5.69 Å². The number of nitriles is 1. The molecule has 1 heterocycles. The summed E-state index contributed by atoms with van der Waals surface area (Å²) in [5.41, 5.74) is 1.74. The van der Waals surface area contributed by atoms with Crippen molar-refractivity contribution in [2.45, 2.75) is 4.34 Å². The van der Waals surface area contributed by atoms with Gasteiger partial charge in [-0.3, -0.25) is 4.79 Å². The second-order valence-electron chi connectivity index (χ2n) is 5.02. The van der Waals surface area contributed by atoms with E-state index in [0.29, 0.717) is 24.6 Å². The number of carbonyl (C=O) groups is 1. The molecule has 1 aromatic heterocycles. The maximum absolute atomic E-state index is 12.1. The van der Waals surface area contributed by atoms with Gasteiger partial charge in [-0.25, -0.2) is 4.68 Å². The van der Waals surface area contributed by atoms with Crippen molar-refractivity contribution in [3.8, 4) is 11.8 Å². The molecule has 0 aliphatic carbocycles. The predicted molar refractivity (Wildman–Crippen MR) is 108 cm³/mol. The Kier molecular flexibility index (Phi) is 6.06. The number of rotatable bonds is 5. The minimum atomic E-state index is -0.211. The molecule has 2 aromatic carbocycles. The SMILES string of the molecule is N#Cc1ccccc1NC(=O)CSc1nn(-c2ccc(Cl)cc2)c(=S)s1. The van der Waals surface area contributed by atoms with Crippen LogP contribution < -0.4 is 5.32 Å². The van der Waals surface area contributed by atoms with Gasteiger partial charge in [0.25, 0.3) is 0 Å². The van der Waals surface area contributed by atoms with Gasteiger partial charge in [0.15, 0.2) is 8.29 Å². The van der Waals surface area contributed by atoms with Crippen LogP contribution in [0.5, 0.6) is 0 Å². The standard InChI is InChI=1S/C17H11ClN4OS3/c18-12-5-7-13(8-6-12)22-17(24)26-16(21-22)25-10-15(23)20-14-4-2-1-3-11(14)9-19/h1-8H,10H2,(H,20,23). The van der Waals surface area contributed by atoms with E-state index < -0.39 is 0 Å². The summed E-state index contributed by atoms with van der Waals surface area (Å²) < 4.78 is 2.92. The molecule has 0 atom stereocenters. The summed E-state index contributed by atoms with van der Waals surface area (Å²) in [7, 11) is 0. The molecule has 0 fully saturated rings. The fourth-order valence-corrected chi connectivity index (χ4v) is 4.36. The molecule has 3 rings (SSSR count). The molecule has 9 heteroatoms. The molecule has 1 N–H and O–H groups in total. The number of aromatic nitrogens is 2. The average Bonchev–Trinajstić information content (AvgIpc) is 3.02. The first-order valence-corrected chi connectivity index (χ1v) is 9.93. The maximum atomic E-state index is 12.1. The number of hydrogen-bond donors (Lipinski definition) is 1. The number of hydrogen-bond acceptors (Lipinski definition) is 6. The minimum absolute atomic E-state index is 0.169. The summed E-state index contributed by atoms with van der Waals surface area (Å²) in [5, 5.41) is 16.9. The fraction of sp³-hybridized carbons (Fsp3) is 0.0588. The Labute approximate surface area is 168 Å². The van der Waals surface area contributed by atoms with Gasteiger partial charge in [0, 0.05) is 5.02 Å². The zero-order chi connectivity index (χ0) is 18.5. The van der Waals surface area contributed by atoms with E-state index in [1.165, 1.54) is 23.1 Å². The molecular formula is C17H11ClN4OS3. The van der Waals surface area contributed by atoms with E-state index in [0.717, 1.165) is 5.69 Å². The van der Waals surface area contributed by atoms with Gasteiger partial charge in [0.1, 0.15) is 6.07 Å². The Bertz CT molecular complexity index is 1040. The highest BCUT2D eigenvalue weighted by molar-refractivity contribution is 8.01. The van der Waals surface area contributed by atoms with Crippen LogP contribution in [0.25, 0.3) is 5.69 Å². The normalized spacial score (nSPS) is 10.3. The van der Waals surface area contributed by atoms with Gasteiger partial charge < -0.3 is 5.32 Å². The number of benzene rings is 2. The highest BCUT2D eigenvalue weighted by atomic mass is 35.5. The monoisotopic (exact) mass is 418 g/mol. The molecule has 0 aliphatic rings. The summed E-state index contributed by atoms with van der Waals surface area (Å²) >= 11 is 13.9. The van der Waals surface area contributed by atoms with E-state index in [-0.39, 0.29) is 11.7 Å². The lowest BCUT2D eigenvalue weighted by Gasteiger charge is -2.05. The van der Waals surface area contributed by atoms with Crippen LogP contribution in [0, 0.1) is 15.3 Å². The lowest BCUT2D eigenvalue weighted by Crippen LogP contribution is -2.14. The number of thioether (sulfide) groups is 1. The van der Waals surface area contributed by atoms with Gasteiger partial charge in [-0.05, 0) is 48.6 Å². The van der Waals surface area contributed by atoms with Crippen molar-refractivity contribution < 1.29 is 4.79 Å². The highest BCUT2D eigenvalue weighted by Gasteiger charge is 2.11. The van der Waals surface area contributed by atoms with Crippen LogP contribution in [-0.2, 0) is 4.79 Å². The molecule has 0 saturated heterocycles. The van der Waals surface area contributed by atoms with Crippen molar-refractivity contribution in [3.05, 3.63) is 63.1 Å². The van der Waals surface area contributed by atoms with E-state index in [4.69, 9.17) is 29.1 Å². The number of carbonyl (C=O) groups excluding carboxylic acids is 1. The lowest BCUT2D eigenvalue weighted by atomic mass is 10.2. The van der Waals surface area contributed by atoms with Crippen molar-refractivity contribution in [2.75, 3.05) is 11.1 Å². The summed E-state index contributed by atoms with van der Waals surface area (Å²) in [6.07, 6.45) is 0. The van der Waals surface area contributed by atoms with Gasteiger partial charge in [0.2, 0.25) is 5.91 Å². The topological polar surface area (TPSA) is 70.7 Å². The number of para-hydroxylation sites is 1. The Morgan fingerprint density at radius 3 is 2.77 bits per heavy atom. The fourth-order valence-electron chi connectivity index (χ4n) is 2.07. The van der Waals surface area contributed by atoms with E-state index >= 15 is 0 Å². The largest absolute Gasteiger partial charge is 0.324 e. The van der Waals surface area contributed by atoms with E-state index in [1.807, 2.05) is 18.2 Å². The van der Waals surface area contributed by atoms with Gasteiger partial charge in [-0.15, -0.1) is 5.10 Å². The molecule has 5 nitrogen and oxygen atoms in total. The van der Waals surface area contributed by atoms with E-state index in [9.17, 15) is 4.79 Å². The van der Waals surface area contributed by atoms with Crippen molar-refractivity contribution in [1.29, 1.82) is 5.26 Å².